The Labute approximate surface area is 92.0 Å². The number of hydroxylamine groups is 2. The van der Waals surface area contributed by atoms with Crippen LogP contribution in [0.2, 0.25) is 0 Å². The second-order valence-electron chi connectivity index (χ2n) is 5.02. The van der Waals surface area contributed by atoms with Crippen molar-refractivity contribution in [1.82, 2.24) is 5.06 Å². The number of nitrogens with zero attached hydrogens (tertiary/aromatic N) is 1. The van der Waals surface area contributed by atoms with Crippen LogP contribution in [0, 0.1) is 5.41 Å². The molecule has 0 radical (unpaired) electrons. The van der Waals surface area contributed by atoms with Crippen LogP contribution in [0.4, 0.5) is 0 Å². The third-order valence-electron chi connectivity index (χ3n) is 2.97. The molecule has 3 heteroatoms. The van der Waals surface area contributed by atoms with Gasteiger partial charge in [0.2, 0.25) is 0 Å². The zero-order valence-corrected chi connectivity index (χ0v) is 10.2. The summed E-state index contributed by atoms with van der Waals surface area (Å²) in [4.78, 5) is 16.4. The molecule has 86 valence electrons. The van der Waals surface area contributed by atoms with Gasteiger partial charge in [0.25, 0.3) is 5.91 Å². The minimum absolute atomic E-state index is 0.0646. The number of allylic oxidation sites excluding steroid dienone is 1. The molecule has 0 unspecified atom stereocenters. The van der Waals surface area contributed by atoms with E-state index in [9.17, 15) is 4.79 Å². The average Bonchev–Trinajstić information content (AvgIpc) is 2.14. The Balaban J connectivity index is 2.63. The monoisotopic (exact) mass is 211 g/mol. The van der Waals surface area contributed by atoms with E-state index >= 15 is 0 Å². The van der Waals surface area contributed by atoms with Gasteiger partial charge in [-0.3, -0.25) is 9.63 Å². The molecule has 1 fully saturated rings. The second kappa shape index (κ2) is 4.79. The Morgan fingerprint density at radius 2 is 2.20 bits per heavy atom. The van der Waals surface area contributed by atoms with Crippen LogP contribution in [0.25, 0.3) is 0 Å². The number of rotatable bonds is 2. The SMILES string of the molecule is CON(C)C(=O)/C=C1/CCCC(C)(C)C1. The van der Waals surface area contributed by atoms with Crippen molar-refractivity contribution in [3.05, 3.63) is 11.6 Å². The van der Waals surface area contributed by atoms with E-state index in [1.807, 2.05) is 0 Å². The zero-order chi connectivity index (χ0) is 11.5. The average molecular weight is 211 g/mol. The van der Waals surface area contributed by atoms with Crippen LogP contribution in [0.3, 0.4) is 0 Å². The highest BCUT2D eigenvalue weighted by molar-refractivity contribution is 5.87. The predicted octanol–water partition coefficient (Wildman–Crippen LogP) is 2.53. The fraction of sp³-hybridized carbons (Fsp3) is 0.750. The van der Waals surface area contributed by atoms with Crippen LogP contribution in [-0.4, -0.2) is 25.1 Å². The summed E-state index contributed by atoms with van der Waals surface area (Å²) in [6, 6.07) is 0. The molecule has 1 aliphatic rings. The van der Waals surface area contributed by atoms with E-state index in [4.69, 9.17) is 4.84 Å². The molecule has 15 heavy (non-hydrogen) atoms. The lowest BCUT2D eigenvalue weighted by atomic mass is 9.75. The first-order valence-electron chi connectivity index (χ1n) is 5.46. The van der Waals surface area contributed by atoms with Crippen LogP contribution in [0.1, 0.15) is 39.5 Å². The molecular formula is C12H21NO2. The molecule has 1 amide bonds. The van der Waals surface area contributed by atoms with Gasteiger partial charge in [0.1, 0.15) is 0 Å². The fourth-order valence-corrected chi connectivity index (χ4v) is 2.06. The molecule has 0 atom stereocenters. The summed E-state index contributed by atoms with van der Waals surface area (Å²) in [6.07, 6.45) is 6.23. The molecule has 0 heterocycles. The molecular weight excluding hydrogens is 190 g/mol. The van der Waals surface area contributed by atoms with E-state index in [0.717, 1.165) is 12.8 Å². The van der Waals surface area contributed by atoms with Crippen molar-refractivity contribution in [2.75, 3.05) is 14.2 Å². The van der Waals surface area contributed by atoms with Gasteiger partial charge in [0.15, 0.2) is 0 Å². The molecule has 0 aromatic heterocycles. The van der Waals surface area contributed by atoms with E-state index in [-0.39, 0.29) is 5.91 Å². The molecule has 0 aromatic carbocycles. The van der Waals surface area contributed by atoms with Gasteiger partial charge in [-0.2, -0.15) is 0 Å². The normalized spacial score (nSPS) is 22.8. The van der Waals surface area contributed by atoms with E-state index in [0.29, 0.717) is 5.41 Å². The van der Waals surface area contributed by atoms with E-state index in [2.05, 4.69) is 13.8 Å². The predicted molar refractivity (Wildman–Crippen MR) is 60.1 cm³/mol. The van der Waals surface area contributed by atoms with Gasteiger partial charge >= 0.3 is 0 Å². The van der Waals surface area contributed by atoms with Crippen LogP contribution in [0.15, 0.2) is 11.6 Å². The lowest BCUT2D eigenvalue weighted by Crippen LogP contribution is -2.25. The number of likely N-dealkylation sites (N-methyl/N-ethyl adjacent to an activating group) is 1. The summed E-state index contributed by atoms with van der Waals surface area (Å²) in [5, 5.41) is 1.26. The molecule has 1 saturated carbocycles. The van der Waals surface area contributed by atoms with Gasteiger partial charge in [-0.05, 0) is 31.1 Å². The van der Waals surface area contributed by atoms with Crippen molar-refractivity contribution in [1.29, 1.82) is 0 Å². The number of carbonyl (C=O) groups is 1. The Kier molecular flexibility index (Phi) is 3.91. The minimum Gasteiger partial charge on any atom is -0.274 e. The highest BCUT2D eigenvalue weighted by Gasteiger charge is 2.24. The molecule has 0 aromatic rings. The lowest BCUT2D eigenvalue weighted by Gasteiger charge is -2.31. The van der Waals surface area contributed by atoms with Crippen molar-refractivity contribution in [3.8, 4) is 0 Å². The van der Waals surface area contributed by atoms with Gasteiger partial charge in [0.05, 0.1) is 7.11 Å². The highest BCUT2D eigenvalue weighted by atomic mass is 16.7. The van der Waals surface area contributed by atoms with Gasteiger partial charge < -0.3 is 0 Å². The molecule has 0 spiro atoms. The van der Waals surface area contributed by atoms with Crippen LogP contribution < -0.4 is 0 Å². The van der Waals surface area contributed by atoms with Crippen molar-refractivity contribution in [2.24, 2.45) is 5.41 Å². The summed E-state index contributed by atoms with van der Waals surface area (Å²) in [5.41, 5.74) is 1.59. The zero-order valence-electron chi connectivity index (χ0n) is 10.2. The fourth-order valence-electron chi connectivity index (χ4n) is 2.06. The lowest BCUT2D eigenvalue weighted by molar-refractivity contribution is -0.162. The van der Waals surface area contributed by atoms with Gasteiger partial charge in [-0.25, -0.2) is 5.06 Å². The standard InChI is InChI=1S/C12H21NO2/c1-12(2)7-5-6-10(9-12)8-11(14)13(3)15-4/h8H,5-7,9H2,1-4H3/b10-8-. The quantitative estimate of drug-likeness (QED) is 0.519. The molecule has 1 rings (SSSR count). The van der Waals surface area contributed by atoms with Crippen LogP contribution in [0.5, 0.6) is 0 Å². The highest BCUT2D eigenvalue weighted by Crippen LogP contribution is 2.37. The number of hydrogen-bond donors (Lipinski definition) is 0. The van der Waals surface area contributed by atoms with Crippen molar-refractivity contribution < 1.29 is 9.63 Å². The number of amides is 1. The van der Waals surface area contributed by atoms with Crippen molar-refractivity contribution >= 4 is 5.91 Å². The summed E-state index contributed by atoms with van der Waals surface area (Å²) in [5.74, 6) is -0.0646. The summed E-state index contributed by atoms with van der Waals surface area (Å²) < 4.78 is 0. The molecule has 1 aliphatic carbocycles. The van der Waals surface area contributed by atoms with E-state index in [1.54, 1.807) is 13.1 Å². The minimum atomic E-state index is -0.0646. The number of hydrogen-bond acceptors (Lipinski definition) is 2. The molecule has 0 aliphatic heterocycles. The first-order valence-corrected chi connectivity index (χ1v) is 5.46. The largest absolute Gasteiger partial charge is 0.274 e. The second-order valence-corrected chi connectivity index (χ2v) is 5.02. The topological polar surface area (TPSA) is 29.5 Å². The first kappa shape index (κ1) is 12.2. The molecule has 0 saturated heterocycles. The summed E-state index contributed by atoms with van der Waals surface area (Å²) in [6.45, 7) is 4.51. The Morgan fingerprint density at radius 1 is 1.53 bits per heavy atom. The smallest absolute Gasteiger partial charge is 0.269 e. The third-order valence-corrected chi connectivity index (χ3v) is 2.97. The molecule has 0 bridgehead atoms. The van der Waals surface area contributed by atoms with Gasteiger partial charge in [-0.15, -0.1) is 0 Å². The van der Waals surface area contributed by atoms with Crippen LogP contribution in [-0.2, 0) is 9.63 Å². The third kappa shape index (κ3) is 3.67. The maximum atomic E-state index is 11.6. The molecule has 0 N–H and O–H groups in total. The summed E-state index contributed by atoms with van der Waals surface area (Å²) in [7, 11) is 3.13. The van der Waals surface area contributed by atoms with Gasteiger partial charge in [0, 0.05) is 13.1 Å². The Bertz CT molecular complexity index is 269. The maximum Gasteiger partial charge on any atom is 0.269 e. The van der Waals surface area contributed by atoms with E-state index < -0.39 is 0 Å². The Morgan fingerprint density at radius 3 is 2.73 bits per heavy atom. The molecule has 3 nitrogen and oxygen atoms in total. The summed E-state index contributed by atoms with van der Waals surface area (Å²) >= 11 is 0. The van der Waals surface area contributed by atoms with Crippen molar-refractivity contribution in [3.63, 3.8) is 0 Å². The van der Waals surface area contributed by atoms with Gasteiger partial charge in [-0.1, -0.05) is 19.4 Å². The Hall–Kier alpha value is -0.830. The van der Waals surface area contributed by atoms with E-state index in [1.165, 1.54) is 30.6 Å². The maximum absolute atomic E-state index is 11.6. The number of carbonyl (C=O) groups excluding carboxylic acids is 1. The van der Waals surface area contributed by atoms with Crippen molar-refractivity contribution in [2.45, 2.75) is 39.5 Å². The first-order chi connectivity index (χ1) is 6.94. The van der Waals surface area contributed by atoms with Crippen LogP contribution >= 0.6 is 0 Å².